The van der Waals surface area contributed by atoms with E-state index in [9.17, 15) is 14.4 Å². The molecule has 0 aromatic heterocycles. The summed E-state index contributed by atoms with van der Waals surface area (Å²) < 4.78 is 10.4. The van der Waals surface area contributed by atoms with Gasteiger partial charge in [0.1, 0.15) is 17.5 Å². The van der Waals surface area contributed by atoms with Gasteiger partial charge >= 0.3 is 0 Å². The molecule has 1 aliphatic heterocycles. The van der Waals surface area contributed by atoms with Crippen LogP contribution in [0.25, 0.3) is 0 Å². The third-order valence-electron chi connectivity index (χ3n) is 4.67. The molecule has 0 saturated carbocycles. The zero-order valence-electron chi connectivity index (χ0n) is 16.3. The van der Waals surface area contributed by atoms with E-state index in [0.29, 0.717) is 35.8 Å². The molecule has 0 radical (unpaired) electrons. The molecule has 8 nitrogen and oxygen atoms in total. The van der Waals surface area contributed by atoms with Gasteiger partial charge in [-0.15, -0.1) is 0 Å². The number of ether oxygens (including phenoxy) is 2. The van der Waals surface area contributed by atoms with E-state index in [0.717, 1.165) is 0 Å². The largest absolute Gasteiger partial charge is 0.497 e. The maximum Gasteiger partial charge on any atom is 0.254 e. The van der Waals surface area contributed by atoms with Crippen LogP contribution in [0.15, 0.2) is 48.5 Å². The maximum atomic E-state index is 12.9. The SMILES string of the molecule is COc1ccc(OC)c(NC(=O)C[C@@H]2C(=O)NCCN2C(=O)c2ccccc2)c1. The van der Waals surface area contributed by atoms with Crippen molar-refractivity contribution in [2.45, 2.75) is 12.5 Å². The first kappa shape index (κ1) is 20.2. The van der Waals surface area contributed by atoms with Gasteiger partial charge in [0.25, 0.3) is 5.91 Å². The molecule has 0 spiro atoms. The van der Waals surface area contributed by atoms with Crippen molar-refractivity contribution in [1.82, 2.24) is 10.2 Å². The van der Waals surface area contributed by atoms with Crippen molar-refractivity contribution < 1.29 is 23.9 Å². The zero-order chi connectivity index (χ0) is 20.8. The van der Waals surface area contributed by atoms with E-state index >= 15 is 0 Å². The third-order valence-corrected chi connectivity index (χ3v) is 4.67. The second-order valence-electron chi connectivity index (χ2n) is 6.49. The highest BCUT2D eigenvalue weighted by molar-refractivity contribution is 6.01. The molecule has 152 valence electrons. The number of amides is 3. The minimum Gasteiger partial charge on any atom is -0.497 e. The molecule has 1 heterocycles. The summed E-state index contributed by atoms with van der Waals surface area (Å²) in [6.45, 7) is 0.680. The van der Waals surface area contributed by atoms with Crippen LogP contribution in [-0.2, 0) is 9.59 Å². The highest BCUT2D eigenvalue weighted by Crippen LogP contribution is 2.29. The number of benzene rings is 2. The fraction of sp³-hybridized carbons (Fsp3) is 0.286. The fourth-order valence-electron chi connectivity index (χ4n) is 3.20. The molecule has 8 heteroatoms. The van der Waals surface area contributed by atoms with E-state index in [1.54, 1.807) is 42.5 Å². The quantitative estimate of drug-likeness (QED) is 0.773. The second kappa shape index (κ2) is 9.09. The van der Waals surface area contributed by atoms with E-state index in [1.165, 1.54) is 19.1 Å². The molecule has 3 rings (SSSR count). The Bertz CT molecular complexity index is 900. The summed E-state index contributed by atoms with van der Waals surface area (Å²) in [6.07, 6.45) is -0.176. The molecule has 1 aliphatic rings. The Morgan fingerprint density at radius 1 is 1.14 bits per heavy atom. The van der Waals surface area contributed by atoms with Crippen LogP contribution in [0.3, 0.4) is 0 Å². The van der Waals surface area contributed by atoms with Crippen LogP contribution >= 0.6 is 0 Å². The van der Waals surface area contributed by atoms with Crippen LogP contribution in [0.1, 0.15) is 16.8 Å². The normalized spacial score (nSPS) is 16.0. The van der Waals surface area contributed by atoms with Crippen molar-refractivity contribution in [3.8, 4) is 11.5 Å². The van der Waals surface area contributed by atoms with Gasteiger partial charge in [-0.3, -0.25) is 14.4 Å². The fourth-order valence-corrected chi connectivity index (χ4v) is 3.20. The molecule has 29 heavy (non-hydrogen) atoms. The molecule has 1 fully saturated rings. The van der Waals surface area contributed by atoms with Gasteiger partial charge in [0, 0.05) is 24.7 Å². The number of nitrogens with zero attached hydrogens (tertiary/aromatic N) is 1. The summed E-state index contributed by atoms with van der Waals surface area (Å²) in [5, 5.41) is 5.46. The Morgan fingerprint density at radius 3 is 2.59 bits per heavy atom. The summed E-state index contributed by atoms with van der Waals surface area (Å²) in [6, 6.07) is 12.8. The summed E-state index contributed by atoms with van der Waals surface area (Å²) in [4.78, 5) is 39.4. The molecule has 2 N–H and O–H groups in total. The lowest BCUT2D eigenvalue weighted by Gasteiger charge is -2.34. The van der Waals surface area contributed by atoms with Crippen LogP contribution in [-0.4, -0.2) is 56.0 Å². The van der Waals surface area contributed by atoms with Gasteiger partial charge < -0.3 is 25.0 Å². The molecule has 0 aliphatic carbocycles. The molecule has 2 aromatic carbocycles. The number of rotatable bonds is 6. The van der Waals surface area contributed by atoms with Crippen molar-refractivity contribution in [2.75, 3.05) is 32.6 Å². The first-order valence-corrected chi connectivity index (χ1v) is 9.19. The highest BCUT2D eigenvalue weighted by atomic mass is 16.5. The van der Waals surface area contributed by atoms with Gasteiger partial charge in [-0.1, -0.05) is 18.2 Å². The summed E-state index contributed by atoms with van der Waals surface area (Å²) in [7, 11) is 3.01. The van der Waals surface area contributed by atoms with Gasteiger partial charge in [-0.05, 0) is 24.3 Å². The topological polar surface area (TPSA) is 97.0 Å². The molecule has 1 saturated heterocycles. The summed E-state index contributed by atoms with van der Waals surface area (Å²) >= 11 is 0. The van der Waals surface area contributed by atoms with Crippen molar-refractivity contribution in [1.29, 1.82) is 0 Å². The molecule has 0 bridgehead atoms. The molecular weight excluding hydrogens is 374 g/mol. The number of carbonyl (C=O) groups excluding carboxylic acids is 3. The summed E-state index contributed by atoms with van der Waals surface area (Å²) in [5.74, 6) is -0.0307. The molecular formula is C21H23N3O5. The van der Waals surface area contributed by atoms with Crippen molar-refractivity contribution in [2.24, 2.45) is 0 Å². The molecule has 3 amide bonds. The Morgan fingerprint density at radius 2 is 1.90 bits per heavy atom. The highest BCUT2D eigenvalue weighted by Gasteiger charge is 2.35. The van der Waals surface area contributed by atoms with Gasteiger partial charge in [-0.2, -0.15) is 0 Å². The van der Waals surface area contributed by atoms with Gasteiger partial charge in [0.2, 0.25) is 11.8 Å². The predicted octanol–water partition coefficient (Wildman–Crippen LogP) is 1.67. The minimum atomic E-state index is -0.895. The Hall–Kier alpha value is -3.55. The van der Waals surface area contributed by atoms with Crippen LogP contribution < -0.4 is 20.1 Å². The monoisotopic (exact) mass is 397 g/mol. The van der Waals surface area contributed by atoms with Crippen LogP contribution in [0, 0.1) is 0 Å². The Labute approximate surface area is 168 Å². The van der Waals surface area contributed by atoms with Crippen LogP contribution in [0.2, 0.25) is 0 Å². The Kier molecular flexibility index (Phi) is 6.33. The standard InChI is InChI=1S/C21H23N3O5/c1-28-15-8-9-18(29-2)16(12-15)23-19(25)13-17-20(26)22-10-11-24(17)21(27)14-6-4-3-5-7-14/h3-9,12,17H,10-11,13H2,1-2H3,(H,22,26)(H,23,25)/t17-/m1/s1. The number of hydrogen-bond acceptors (Lipinski definition) is 5. The van der Waals surface area contributed by atoms with Crippen molar-refractivity contribution in [3.63, 3.8) is 0 Å². The van der Waals surface area contributed by atoms with Crippen LogP contribution in [0.5, 0.6) is 11.5 Å². The third kappa shape index (κ3) is 4.66. The van der Waals surface area contributed by atoms with E-state index in [-0.39, 0.29) is 18.2 Å². The average Bonchev–Trinajstić information content (AvgIpc) is 2.75. The molecule has 1 atom stereocenters. The van der Waals surface area contributed by atoms with Crippen molar-refractivity contribution in [3.05, 3.63) is 54.1 Å². The van der Waals surface area contributed by atoms with E-state index in [2.05, 4.69) is 10.6 Å². The number of carbonyl (C=O) groups is 3. The average molecular weight is 397 g/mol. The second-order valence-corrected chi connectivity index (χ2v) is 6.49. The maximum absolute atomic E-state index is 12.9. The van der Waals surface area contributed by atoms with E-state index in [4.69, 9.17) is 9.47 Å². The lowest BCUT2D eigenvalue weighted by Crippen LogP contribution is -2.58. The van der Waals surface area contributed by atoms with Gasteiger partial charge in [0.15, 0.2) is 0 Å². The van der Waals surface area contributed by atoms with Crippen molar-refractivity contribution >= 4 is 23.4 Å². The number of methoxy groups -OCH3 is 2. The lowest BCUT2D eigenvalue weighted by molar-refractivity contribution is -0.131. The summed E-state index contributed by atoms with van der Waals surface area (Å²) in [5.41, 5.74) is 0.899. The Balaban J connectivity index is 1.76. The number of piperazine rings is 1. The van der Waals surface area contributed by atoms with Gasteiger partial charge in [0.05, 0.1) is 26.3 Å². The molecule has 0 unspecified atom stereocenters. The van der Waals surface area contributed by atoms with Crippen LogP contribution in [0.4, 0.5) is 5.69 Å². The van der Waals surface area contributed by atoms with Gasteiger partial charge in [-0.25, -0.2) is 0 Å². The first-order chi connectivity index (χ1) is 14.0. The zero-order valence-corrected chi connectivity index (χ0v) is 16.3. The van der Waals surface area contributed by atoms with E-state index in [1.807, 2.05) is 6.07 Å². The number of hydrogen-bond donors (Lipinski definition) is 2. The first-order valence-electron chi connectivity index (χ1n) is 9.19. The number of nitrogens with one attached hydrogen (secondary N) is 2. The van der Waals surface area contributed by atoms with E-state index < -0.39 is 11.9 Å². The molecule has 2 aromatic rings. The minimum absolute atomic E-state index is 0.176. The predicted molar refractivity (Wildman–Crippen MR) is 107 cm³/mol. The number of anilines is 1. The lowest BCUT2D eigenvalue weighted by atomic mass is 10.1. The smallest absolute Gasteiger partial charge is 0.254 e.